The summed E-state index contributed by atoms with van der Waals surface area (Å²) in [6, 6.07) is 0. The molecular formula is C21H40O. The Hall–Kier alpha value is -0.720. The smallest absolute Gasteiger partial charge is 0.105 e. The van der Waals surface area contributed by atoms with E-state index < -0.39 is 0 Å². The Bertz CT molecular complexity index is 232. The van der Waals surface area contributed by atoms with Gasteiger partial charge in [-0.05, 0) is 18.9 Å². The van der Waals surface area contributed by atoms with E-state index in [4.69, 9.17) is 4.74 Å². The zero-order valence-electron chi connectivity index (χ0n) is 15.2. The van der Waals surface area contributed by atoms with E-state index in [1.54, 1.807) is 6.08 Å². The second-order valence-electron chi connectivity index (χ2n) is 6.38. The maximum atomic E-state index is 5.20. The van der Waals surface area contributed by atoms with Crippen molar-refractivity contribution in [1.82, 2.24) is 0 Å². The summed E-state index contributed by atoms with van der Waals surface area (Å²) in [4.78, 5) is 0. The van der Waals surface area contributed by atoms with Crippen molar-refractivity contribution >= 4 is 0 Å². The van der Waals surface area contributed by atoms with Gasteiger partial charge in [-0.2, -0.15) is 0 Å². The molecular weight excluding hydrogens is 268 g/mol. The molecule has 0 unspecified atom stereocenters. The predicted molar refractivity (Wildman–Crippen MR) is 100 cm³/mol. The van der Waals surface area contributed by atoms with Crippen LogP contribution in [0.1, 0.15) is 103 Å². The normalized spacial score (nSPS) is 11.1. The summed E-state index contributed by atoms with van der Waals surface area (Å²) in [5.74, 6) is 0. The quantitative estimate of drug-likeness (QED) is 0.144. The minimum absolute atomic E-state index is 0.620. The summed E-state index contributed by atoms with van der Waals surface area (Å²) < 4.78 is 5.20. The SMILES string of the molecule is C=CCOC=CCCCCCCCCCCCCCCCC. The Morgan fingerprint density at radius 2 is 1.14 bits per heavy atom. The molecule has 0 heterocycles. The van der Waals surface area contributed by atoms with Crippen LogP contribution in [0.4, 0.5) is 0 Å². The highest BCUT2D eigenvalue weighted by Gasteiger charge is 1.93. The minimum Gasteiger partial charge on any atom is -0.497 e. The van der Waals surface area contributed by atoms with Crippen LogP contribution in [0.2, 0.25) is 0 Å². The van der Waals surface area contributed by atoms with Gasteiger partial charge in [-0.25, -0.2) is 0 Å². The molecule has 0 amide bonds. The van der Waals surface area contributed by atoms with Gasteiger partial charge in [0, 0.05) is 0 Å². The summed E-state index contributed by atoms with van der Waals surface area (Å²) in [6.45, 7) is 6.52. The fourth-order valence-electron chi connectivity index (χ4n) is 2.72. The van der Waals surface area contributed by atoms with Gasteiger partial charge in [0.05, 0.1) is 6.26 Å². The van der Waals surface area contributed by atoms with Crippen molar-refractivity contribution in [3.8, 4) is 0 Å². The highest BCUT2D eigenvalue weighted by atomic mass is 16.5. The first-order chi connectivity index (χ1) is 10.9. The van der Waals surface area contributed by atoms with Crippen molar-refractivity contribution in [3.05, 3.63) is 25.0 Å². The van der Waals surface area contributed by atoms with Gasteiger partial charge in [0.15, 0.2) is 0 Å². The predicted octanol–water partition coefficient (Wildman–Crippen LogP) is 7.57. The number of rotatable bonds is 18. The van der Waals surface area contributed by atoms with Crippen LogP contribution in [0.3, 0.4) is 0 Å². The first kappa shape index (κ1) is 21.3. The molecule has 0 aliphatic carbocycles. The summed E-state index contributed by atoms with van der Waals surface area (Å²) in [5.41, 5.74) is 0. The molecule has 1 heteroatoms. The third kappa shape index (κ3) is 19.3. The molecule has 0 aromatic heterocycles. The molecule has 0 rings (SSSR count). The van der Waals surface area contributed by atoms with Crippen molar-refractivity contribution in [2.45, 2.75) is 103 Å². The van der Waals surface area contributed by atoms with Crippen LogP contribution < -0.4 is 0 Å². The molecule has 0 aromatic rings. The van der Waals surface area contributed by atoms with Crippen molar-refractivity contribution < 1.29 is 4.74 Å². The molecule has 22 heavy (non-hydrogen) atoms. The standard InChI is InChI=1S/C21H40O/c1-3-5-6-7-8-9-10-11-12-13-14-15-16-17-18-19-21-22-20-4-2/h4,19,21H,2-3,5-18,20H2,1H3. The van der Waals surface area contributed by atoms with Crippen LogP contribution in [-0.2, 0) is 4.74 Å². The van der Waals surface area contributed by atoms with Gasteiger partial charge < -0.3 is 4.74 Å². The minimum atomic E-state index is 0.620. The zero-order chi connectivity index (χ0) is 16.1. The lowest BCUT2D eigenvalue weighted by molar-refractivity contribution is 0.288. The fourth-order valence-corrected chi connectivity index (χ4v) is 2.72. The molecule has 0 aliphatic rings. The van der Waals surface area contributed by atoms with Crippen LogP contribution in [0.15, 0.2) is 25.0 Å². The zero-order valence-corrected chi connectivity index (χ0v) is 15.2. The molecule has 0 N–H and O–H groups in total. The van der Waals surface area contributed by atoms with Gasteiger partial charge in [0.2, 0.25) is 0 Å². The molecule has 0 fully saturated rings. The van der Waals surface area contributed by atoms with E-state index in [0.29, 0.717) is 6.61 Å². The third-order valence-electron chi connectivity index (χ3n) is 4.13. The van der Waals surface area contributed by atoms with Gasteiger partial charge in [-0.1, -0.05) is 103 Å². The highest BCUT2D eigenvalue weighted by molar-refractivity contribution is 4.75. The summed E-state index contributed by atoms with van der Waals surface area (Å²) in [6.07, 6.45) is 26.8. The molecule has 0 aliphatic heterocycles. The van der Waals surface area contributed by atoms with Crippen molar-refractivity contribution in [2.75, 3.05) is 6.61 Å². The van der Waals surface area contributed by atoms with E-state index in [0.717, 1.165) is 6.42 Å². The van der Waals surface area contributed by atoms with E-state index in [1.165, 1.54) is 89.9 Å². The van der Waals surface area contributed by atoms with Gasteiger partial charge in [-0.3, -0.25) is 0 Å². The number of hydrogen-bond acceptors (Lipinski definition) is 1. The lowest BCUT2D eigenvalue weighted by atomic mass is 10.0. The maximum absolute atomic E-state index is 5.20. The van der Waals surface area contributed by atoms with Crippen molar-refractivity contribution in [1.29, 1.82) is 0 Å². The average Bonchev–Trinajstić information content (AvgIpc) is 2.54. The number of ether oxygens (including phenoxy) is 1. The number of allylic oxidation sites excluding steroid dienone is 1. The topological polar surface area (TPSA) is 9.23 Å². The number of unbranched alkanes of at least 4 members (excludes halogenated alkanes) is 14. The van der Waals surface area contributed by atoms with Gasteiger partial charge in [0.1, 0.15) is 6.61 Å². The van der Waals surface area contributed by atoms with Gasteiger partial charge >= 0.3 is 0 Å². The monoisotopic (exact) mass is 308 g/mol. The lowest BCUT2D eigenvalue weighted by Crippen LogP contribution is -1.83. The molecule has 0 spiro atoms. The third-order valence-corrected chi connectivity index (χ3v) is 4.13. The molecule has 0 bridgehead atoms. The van der Waals surface area contributed by atoms with E-state index in [2.05, 4.69) is 19.6 Å². The second-order valence-corrected chi connectivity index (χ2v) is 6.38. The van der Waals surface area contributed by atoms with Gasteiger partial charge in [0.25, 0.3) is 0 Å². The van der Waals surface area contributed by atoms with E-state index in [-0.39, 0.29) is 0 Å². The number of hydrogen-bond donors (Lipinski definition) is 0. The first-order valence-corrected chi connectivity index (χ1v) is 9.79. The lowest BCUT2D eigenvalue weighted by Gasteiger charge is -2.02. The second kappa shape index (κ2) is 20.3. The molecule has 0 radical (unpaired) electrons. The van der Waals surface area contributed by atoms with E-state index >= 15 is 0 Å². The van der Waals surface area contributed by atoms with E-state index in [9.17, 15) is 0 Å². The molecule has 1 nitrogen and oxygen atoms in total. The van der Waals surface area contributed by atoms with Crippen LogP contribution in [0, 0.1) is 0 Å². The molecule has 0 aromatic carbocycles. The van der Waals surface area contributed by atoms with Crippen molar-refractivity contribution in [2.24, 2.45) is 0 Å². The molecule has 0 atom stereocenters. The maximum Gasteiger partial charge on any atom is 0.105 e. The average molecular weight is 309 g/mol. The summed E-state index contributed by atoms with van der Waals surface area (Å²) in [7, 11) is 0. The Morgan fingerprint density at radius 3 is 1.59 bits per heavy atom. The largest absolute Gasteiger partial charge is 0.497 e. The molecule has 0 saturated heterocycles. The Labute approximate surface area is 140 Å². The first-order valence-electron chi connectivity index (χ1n) is 9.79. The van der Waals surface area contributed by atoms with E-state index in [1.807, 2.05) is 6.26 Å². The Kier molecular flexibility index (Phi) is 19.6. The van der Waals surface area contributed by atoms with Crippen molar-refractivity contribution in [3.63, 3.8) is 0 Å². The van der Waals surface area contributed by atoms with Crippen LogP contribution in [0.5, 0.6) is 0 Å². The molecule has 0 saturated carbocycles. The fraction of sp³-hybridized carbons (Fsp3) is 0.810. The summed E-state index contributed by atoms with van der Waals surface area (Å²) >= 11 is 0. The van der Waals surface area contributed by atoms with Crippen LogP contribution in [0.25, 0.3) is 0 Å². The Balaban J connectivity index is 2.99. The highest BCUT2D eigenvalue weighted by Crippen LogP contribution is 2.13. The summed E-state index contributed by atoms with van der Waals surface area (Å²) in [5, 5.41) is 0. The Morgan fingerprint density at radius 1 is 0.682 bits per heavy atom. The van der Waals surface area contributed by atoms with Gasteiger partial charge in [-0.15, -0.1) is 0 Å². The van der Waals surface area contributed by atoms with Crippen LogP contribution in [-0.4, -0.2) is 6.61 Å². The molecule has 130 valence electrons. The van der Waals surface area contributed by atoms with Crippen LogP contribution >= 0.6 is 0 Å².